The summed E-state index contributed by atoms with van der Waals surface area (Å²) < 4.78 is 13.6. The van der Waals surface area contributed by atoms with Gasteiger partial charge in [0.1, 0.15) is 0 Å². The van der Waals surface area contributed by atoms with E-state index in [0.717, 1.165) is 55.9 Å². The molecule has 2 N–H and O–H groups in total. The first-order valence-electron chi connectivity index (χ1n) is 13.4. The molecule has 8 nitrogen and oxygen atoms in total. The maximum Gasteiger partial charge on any atom is 0.172 e. The Hall–Kier alpha value is -4.50. The maximum atomic E-state index is 6.76. The summed E-state index contributed by atoms with van der Waals surface area (Å²) in [5, 5.41) is 9.97. The van der Waals surface area contributed by atoms with Gasteiger partial charge in [0.25, 0.3) is 0 Å². The zero-order valence-electron chi connectivity index (χ0n) is 21.7. The summed E-state index contributed by atoms with van der Waals surface area (Å²) in [4.78, 5) is 9.42. The molecule has 0 amide bonds. The monoisotopic (exact) mass is 526 g/mol. The smallest absolute Gasteiger partial charge is 0.172 e. The minimum atomic E-state index is -0.502. The van der Waals surface area contributed by atoms with Crippen LogP contribution < -0.4 is 5.73 Å². The van der Waals surface area contributed by atoms with Crippen LogP contribution in [0.1, 0.15) is 18.4 Å². The number of nitrogens with zero attached hydrogens (tertiary/aromatic N) is 5. The van der Waals surface area contributed by atoms with Crippen molar-refractivity contribution < 1.29 is 9.47 Å². The molecular weight excluding hydrogens is 500 g/mol. The zero-order valence-corrected chi connectivity index (χ0v) is 21.7. The summed E-state index contributed by atoms with van der Waals surface area (Å²) >= 11 is 0. The number of hydrogen-bond acceptors (Lipinski definition) is 7. The first kappa shape index (κ1) is 23.4. The van der Waals surface area contributed by atoms with Gasteiger partial charge in [-0.25, -0.2) is 4.98 Å². The van der Waals surface area contributed by atoms with E-state index in [4.69, 9.17) is 20.2 Å². The fourth-order valence-corrected chi connectivity index (χ4v) is 6.12. The quantitative estimate of drug-likeness (QED) is 0.330. The van der Waals surface area contributed by atoms with Crippen molar-refractivity contribution in [3.8, 4) is 33.8 Å². The van der Waals surface area contributed by atoms with Crippen molar-refractivity contribution in [1.29, 1.82) is 0 Å². The second-order valence-electron chi connectivity index (χ2n) is 10.7. The van der Waals surface area contributed by atoms with Gasteiger partial charge in [0.15, 0.2) is 17.3 Å². The second-order valence-corrected chi connectivity index (χ2v) is 10.7. The van der Waals surface area contributed by atoms with Gasteiger partial charge in [0.05, 0.1) is 30.0 Å². The van der Waals surface area contributed by atoms with Gasteiger partial charge in [-0.1, -0.05) is 54.6 Å². The summed E-state index contributed by atoms with van der Waals surface area (Å²) in [6.45, 7) is 1.27. The molecule has 0 bridgehead atoms. The molecule has 1 saturated carbocycles. The Morgan fingerprint density at radius 3 is 2.33 bits per heavy atom. The molecule has 0 atom stereocenters. The van der Waals surface area contributed by atoms with E-state index in [1.165, 1.54) is 0 Å². The fourth-order valence-electron chi connectivity index (χ4n) is 6.12. The van der Waals surface area contributed by atoms with Gasteiger partial charge in [-0.15, -0.1) is 10.2 Å². The Labute approximate surface area is 230 Å². The molecule has 2 aliphatic rings. The lowest BCUT2D eigenvalue weighted by Crippen LogP contribution is -2.60. The predicted octanol–water partition coefficient (Wildman–Crippen LogP) is 5.36. The Morgan fingerprint density at radius 1 is 0.800 bits per heavy atom. The maximum absolute atomic E-state index is 6.76. The van der Waals surface area contributed by atoms with E-state index in [2.05, 4.69) is 57.6 Å². The summed E-state index contributed by atoms with van der Waals surface area (Å²) in [6, 6.07) is 26.8. The number of ether oxygens (including phenoxy) is 2. The summed E-state index contributed by atoms with van der Waals surface area (Å²) in [6.07, 6.45) is 6.85. The van der Waals surface area contributed by atoms with E-state index in [0.29, 0.717) is 26.1 Å². The molecule has 0 radical (unpaired) electrons. The highest BCUT2D eigenvalue weighted by molar-refractivity contribution is 5.98. The van der Waals surface area contributed by atoms with Crippen LogP contribution >= 0.6 is 0 Å². The van der Waals surface area contributed by atoms with E-state index in [1.807, 2.05) is 47.0 Å². The zero-order chi connectivity index (χ0) is 26.7. The molecule has 0 unspecified atom stereocenters. The molecule has 1 spiro atoms. The fraction of sp³-hybridized carbons (Fsp3) is 0.188. The number of benzene rings is 2. The van der Waals surface area contributed by atoms with Crippen LogP contribution in [0.25, 0.3) is 50.3 Å². The highest BCUT2D eigenvalue weighted by Gasteiger charge is 2.57. The first-order valence-corrected chi connectivity index (χ1v) is 13.4. The number of fused-ring (bicyclic) bond motifs is 3. The number of pyridine rings is 3. The Bertz CT molecular complexity index is 1860. The third kappa shape index (κ3) is 3.65. The van der Waals surface area contributed by atoms with Crippen LogP contribution in [0.5, 0.6) is 0 Å². The molecule has 8 rings (SSSR count). The molecule has 4 aromatic heterocycles. The van der Waals surface area contributed by atoms with Crippen molar-refractivity contribution in [3.05, 3.63) is 103 Å². The van der Waals surface area contributed by atoms with Gasteiger partial charge < -0.3 is 15.2 Å². The van der Waals surface area contributed by atoms with Gasteiger partial charge in [-0.3, -0.25) is 9.38 Å². The second kappa shape index (κ2) is 8.76. The van der Waals surface area contributed by atoms with Gasteiger partial charge in [0, 0.05) is 53.5 Å². The van der Waals surface area contributed by atoms with Crippen LogP contribution in [-0.2, 0) is 15.0 Å². The number of rotatable bonds is 4. The van der Waals surface area contributed by atoms with Crippen molar-refractivity contribution in [2.45, 2.75) is 24.2 Å². The van der Waals surface area contributed by atoms with Gasteiger partial charge in [0.2, 0.25) is 0 Å². The predicted molar refractivity (Wildman–Crippen MR) is 152 cm³/mol. The van der Waals surface area contributed by atoms with E-state index < -0.39 is 11.3 Å². The SMILES string of the molecule is NC1(c2ccc(-c3nc4ccn5c(-c6cccnc6)nnc5c4cc3-c3ccccc3)cc2)CC2(C1)OCCO2. The Kier molecular flexibility index (Phi) is 5.12. The molecule has 1 aliphatic heterocycles. The highest BCUT2D eigenvalue weighted by atomic mass is 16.7. The average molecular weight is 527 g/mol. The third-order valence-electron chi connectivity index (χ3n) is 8.09. The lowest BCUT2D eigenvalue weighted by molar-refractivity contribution is -0.239. The summed E-state index contributed by atoms with van der Waals surface area (Å²) in [5.74, 6) is 0.241. The molecule has 5 heterocycles. The Balaban J connectivity index is 1.24. The molecule has 40 heavy (non-hydrogen) atoms. The minimum Gasteiger partial charge on any atom is -0.347 e. The van der Waals surface area contributed by atoms with E-state index in [1.54, 1.807) is 12.4 Å². The lowest BCUT2D eigenvalue weighted by Gasteiger charge is -2.50. The molecule has 2 fully saturated rings. The first-order chi connectivity index (χ1) is 19.6. The molecule has 196 valence electrons. The van der Waals surface area contributed by atoms with Crippen molar-refractivity contribution in [2.24, 2.45) is 5.73 Å². The van der Waals surface area contributed by atoms with Gasteiger partial charge in [-0.05, 0) is 35.4 Å². The third-order valence-corrected chi connectivity index (χ3v) is 8.09. The highest BCUT2D eigenvalue weighted by Crippen LogP contribution is 2.51. The van der Waals surface area contributed by atoms with Crippen LogP contribution in [0.2, 0.25) is 0 Å². The topological polar surface area (TPSA) is 100 Å². The number of nitrogens with two attached hydrogens (primary N) is 1. The number of aromatic nitrogens is 5. The minimum absolute atomic E-state index is 0.451. The molecule has 8 heteroatoms. The van der Waals surface area contributed by atoms with Gasteiger partial charge >= 0.3 is 0 Å². The van der Waals surface area contributed by atoms with Crippen molar-refractivity contribution in [3.63, 3.8) is 0 Å². The average Bonchev–Trinajstić information content (AvgIpc) is 3.65. The van der Waals surface area contributed by atoms with Crippen LogP contribution in [0.3, 0.4) is 0 Å². The number of hydrogen-bond donors (Lipinski definition) is 1. The van der Waals surface area contributed by atoms with Gasteiger partial charge in [-0.2, -0.15) is 0 Å². The van der Waals surface area contributed by atoms with E-state index in [9.17, 15) is 0 Å². The standard InChI is InChI=1S/C32H26N6O2/c33-31(19-32(20-31)39-15-16-40-32)24-10-8-22(9-11-24)28-25(21-5-2-1-3-6-21)17-26-27(35-28)12-14-38-29(36-37-30(26)38)23-7-4-13-34-18-23/h1-14,17-18H,15-16,19-20,33H2. The van der Waals surface area contributed by atoms with Crippen LogP contribution in [0.15, 0.2) is 97.5 Å². The van der Waals surface area contributed by atoms with Crippen LogP contribution in [0, 0.1) is 0 Å². The Morgan fingerprint density at radius 2 is 1.57 bits per heavy atom. The van der Waals surface area contributed by atoms with Crippen LogP contribution in [0.4, 0.5) is 0 Å². The molecule has 6 aromatic rings. The van der Waals surface area contributed by atoms with Crippen molar-refractivity contribution >= 4 is 16.6 Å². The summed E-state index contributed by atoms with van der Waals surface area (Å²) in [5.41, 5.74) is 13.9. The van der Waals surface area contributed by atoms with Crippen LogP contribution in [-0.4, -0.2) is 43.6 Å². The lowest BCUT2D eigenvalue weighted by atomic mass is 9.68. The molecular formula is C32H26N6O2. The molecule has 2 aromatic carbocycles. The molecule has 1 saturated heterocycles. The van der Waals surface area contributed by atoms with E-state index >= 15 is 0 Å². The van der Waals surface area contributed by atoms with Crippen molar-refractivity contribution in [1.82, 2.24) is 24.6 Å². The van der Waals surface area contributed by atoms with E-state index in [-0.39, 0.29) is 0 Å². The molecule has 1 aliphatic carbocycles. The largest absolute Gasteiger partial charge is 0.347 e. The normalized spacial score (nSPS) is 17.4. The summed E-state index contributed by atoms with van der Waals surface area (Å²) in [7, 11) is 0. The van der Waals surface area contributed by atoms with Crippen molar-refractivity contribution in [2.75, 3.05) is 13.2 Å².